The van der Waals surface area contributed by atoms with Crippen LogP contribution in [0.4, 0.5) is 24.5 Å². The SMILES string of the molecule is C[C@H]1CN(c2ccc(OC(F)(F)F)cc2)C(=O)c2c(N)cnn21.S. The smallest absolute Gasteiger partial charge is 0.406 e. The first-order valence-corrected chi connectivity index (χ1v) is 6.77. The topological polar surface area (TPSA) is 73.4 Å². The summed E-state index contributed by atoms with van der Waals surface area (Å²) in [5.41, 5.74) is 6.78. The molecule has 2 aromatic rings. The Balaban J connectivity index is 0.00000208. The number of fused-ring (bicyclic) bond motifs is 1. The fourth-order valence-corrected chi connectivity index (χ4v) is 2.53. The number of amides is 1. The number of nitrogens with zero attached hydrogens (tertiary/aromatic N) is 3. The molecular weight excluding hydrogens is 345 g/mol. The van der Waals surface area contributed by atoms with Crippen molar-refractivity contribution in [2.75, 3.05) is 17.2 Å². The molecule has 0 bridgehead atoms. The largest absolute Gasteiger partial charge is 0.573 e. The summed E-state index contributed by atoms with van der Waals surface area (Å²) in [5.74, 6) is -0.689. The maximum atomic E-state index is 12.5. The van der Waals surface area contributed by atoms with Crippen molar-refractivity contribution in [1.29, 1.82) is 0 Å². The number of benzene rings is 1. The van der Waals surface area contributed by atoms with Gasteiger partial charge in [-0.05, 0) is 31.2 Å². The predicted molar refractivity (Wildman–Crippen MR) is 86.5 cm³/mol. The molecule has 0 unspecified atom stereocenters. The monoisotopic (exact) mass is 360 g/mol. The minimum Gasteiger partial charge on any atom is -0.406 e. The van der Waals surface area contributed by atoms with Gasteiger partial charge in [0.05, 0.1) is 17.9 Å². The summed E-state index contributed by atoms with van der Waals surface area (Å²) in [6.07, 6.45) is -3.34. The highest BCUT2D eigenvalue weighted by Crippen LogP contribution is 2.30. The first-order chi connectivity index (χ1) is 10.8. The van der Waals surface area contributed by atoms with Crippen molar-refractivity contribution in [2.24, 2.45) is 0 Å². The van der Waals surface area contributed by atoms with Gasteiger partial charge in [-0.3, -0.25) is 9.48 Å². The minimum absolute atomic E-state index is 0. The number of carbonyl (C=O) groups is 1. The van der Waals surface area contributed by atoms with Crippen molar-refractivity contribution in [3.8, 4) is 5.75 Å². The Kier molecular flexibility index (Phi) is 4.70. The van der Waals surface area contributed by atoms with E-state index in [1.54, 1.807) is 4.68 Å². The molecule has 0 spiro atoms. The zero-order valence-corrected chi connectivity index (χ0v) is 13.5. The van der Waals surface area contributed by atoms with Crippen LogP contribution in [-0.2, 0) is 0 Å². The van der Waals surface area contributed by atoms with Crippen LogP contribution in [0.5, 0.6) is 5.75 Å². The van der Waals surface area contributed by atoms with Crippen molar-refractivity contribution in [2.45, 2.75) is 19.3 Å². The molecule has 0 radical (unpaired) electrons. The second-order valence-electron chi connectivity index (χ2n) is 5.20. The van der Waals surface area contributed by atoms with Gasteiger partial charge in [-0.25, -0.2) is 0 Å². The highest BCUT2D eigenvalue weighted by atomic mass is 32.1. The molecule has 24 heavy (non-hydrogen) atoms. The molecule has 1 aromatic heterocycles. The summed E-state index contributed by atoms with van der Waals surface area (Å²) in [6, 6.07) is 5.01. The lowest BCUT2D eigenvalue weighted by molar-refractivity contribution is -0.274. The van der Waals surface area contributed by atoms with Crippen LogP contribution in [0, 0.1) is 0 Å². The van der Waals surface area contributed by atoms with Gasteiger partial charge in [0.15, 0.2) is 0 Å². The molecule has 1 amide bonds. The van der Waals surface area contributed by atoms with E-state index < -0.39 is 6.36 Å². The lowest BCUT2D eigenvalue weighted by atomic mass is 10.1. The molecule has 6 nitrogen and oxygen atoms in total. The molecule has 2 heterocycles. The Morgan fingerprint density at radius 3 is 2.50 bits per heavy atom. The maximum absolute atomic E-state index is 12.5. The quantitative estimate of drug-likeness (QED) is 0.894. The molecule has 1 atom stereocenters. The van der Waals surface area contributed by atoms with Gasteiger partial charge in [-0.2, -0.15) is 18.6 Å². The van der Waals surface area contributed by atoms with E-state index in [2.05, 4.69) is 9.84 Å². The molecule has 10 heteroatoms. The van der Waals surface area contributed by atoms with Crippen molar-refractivity contribution < 1.29 is 22.7 Å². The summed E-state index contributed by atoms with van der Waals surface area (Å²) in [5, 5.41) is 4.07. The molecular formula is C14H15F3N4O2S. The molecule has 2 N–H and O–H groups in total. The molecule has 1 aliphatic heterocycles. The first-order valence-electron chi connectivity index (χ1n) is 6.77. The predicted octanol–water partition coefficient (Wildman–Crippen LogP) is 2.70. The van der Waals surface area contributed by atoms with Gasteiger partial charge >= 0.3 is 6.36 Å². The lowest BCUT2D eigenvalue weighted by Crippen LogP contribution is -2.42. The van der Waals surface area contributed by atoms with Gasteiger partial charge in [0.25, 0.3) is 5.91 Å². The zero-order valence-electron chi connectivity index (χ0n) is 12.5. The number of nitrogens with two attached hydrogens (primary N) is 1. The van der Waals surface area contributed by atoms with E-state index in [0.717, 1.165) is 12.1 Å². The second-order valence-corrected chi connectivity index (χ2v) is 5.20. The first kappa shape index (κ1) is 18.0. The van der Waals surface area contributed by atoms with Crippen molar-refractivity contribution >= 4 is 30.8 Å². The average molecular weight is 360 g/mol. The van der Waals surface area contributed by atoms with Crippen LogP contribution in [0.3, 0.4) is 0 Å². The third-order valence-electron chi connectivity index (χ3n) is 3.52. The molecule has 130 valence electrons. The number of aromatic nitrogens is 2. The molecule has 0 fully saturated rings. The van der Waals surface area contributed by atoms with Gasteiger partial charge in [0.1, 0.15) is 11.4 Å². The number of nitrogen functional groups attached to an aromatic ring is 1. The fraction of sp³-hybridized carbons (Fsp3) is 0.286. The number of ether oxygens (including phenoxy) is 1. The van der Waals surface area contributed by atoms with Gasteiger partial charge in [-0.15, -0.1) is 13.2 Å². The highest BCUT2D eigenvalue weighted by molar-refractivity contribution is 7.59. The number of hydrogen-bond donors (Lipinski definition) is 1. The molecule has 1 aliphatic rings. The summed E-state index contributed by atoms with van der Waals surface area (Å²) in [7, 11) is 0. The summed E-state index contributed by atoms with van der Waals surface area (Å²) in [6.45, 7) is 2.21. The van der Waals surface area contributed by atoms with E-state index in [9.17, 15) is 18.0 Å². The van der Waals surface area contributed by atoms with Crippen LogP contribution >= 0.6 is 13.5 Å². The van der Waals surface area contributed by atoms with Crippen molar-refractivity contribution in [3.05, 3.63) is 36.2 Å². The summed E-state index contributed by atoms with van der Waals surface area (Å²) in [4.78, 5) is 14.0. The Morgan fingerprint density at radius 2 is 1.92 bits per heavy atom. The van der Waals surface area contributed by atoms with Crippen molar-refractivity contribution in [3.63, 3.8) is 0 Å². The minimum atomic E-state index is -4.75. The maximum Gasteiger partial charge on any atom is 0.573 e. The Bertz CT molecular complexity index is 745. The van der Waals surface area contributed by atoms with Crippen molar-refractivity contribution in [1.82, 2.24) is 9.78 Å². The van der Waals surface area contributed by atoms with E-state index in [-0.39, 0.29) is 42.6 Å². The van der Waals surface area contributed by atoms with Crippen LogP contribution in [0.1, 0.15) is 23.5 Å². The summed E-state index contributed by atoms with van der Waals surface area (Å²) < 4.78 is 41.9. The van der Waals surface area contributed by atoms with E-state index >= 15 is 0 Å². The summed E-state index contributed by atoms with van der Waals surface area (Å²) >= 11 is 0. The Labute approximate surface area is 142 Å². The van der Waals surface area contributed by atoms with E-state index in [1.165, 1.54) is 23.2 Å². The van der Waals surface area contributed by atoms with E-state index in [1.807, 2.05) is 6.92 Å². The zero-order chi connectivity index (χ0) is 16.8. The molecule has 0 saturated heterocycles. The van der Waals surface area contributed by atoms with Gasteiger partial charge in [0, 0.05) is 12.2 Å². The number of alkyl halides is 3. The van der Waals surface area contributed by atoms with E-state index in [0.29, 0.717) is 12.2 Å². The normalized spacial score (nSPS) is 17.2. The number of anilines is 2. The third kappa shape index (κ3) is 3.28. The molecule has 3 rings (SSSR count). The Morgan fingerprint density at radius 1 is 1.29 bits per heavy atom. The lowest BCUT2D eigenvalue weighted by Gasteiger charge is -2.32. The number of rotatable bonds is 2. The standard InChI is InChI=1S/C14H13F3N4O2.H2S/c1-8-7-20(13(22)12-11(18)6-19-21(8)12)9-2-4-10(5-3-9)23-14(15,16)17;/h2-6,8H,7,18H2,1H3;1H2/t8-;/m0./s1. The molecule has 1 aromatic carbocycles. The number of halogens is 3. The van der Waals surface area contributed by atoms with Crippen LogP contribution in [0.25, 0.3) is 0 Å². The second kappa shape index (κ2) is 6.27. The van der Waals surface area contributed by atoms with Crippen LogP contribution in [0.15, 0.2) is 30.5 Å². The van der Waals surface area contributed by atoms with Crippen LogP contribution in [-0.4, -0.2) is 28.6 Å². The van der Waals surface area contributed by atoms with Crippen LogP contribution < -0.4 is 15.4 Å². The number of carbonyl (C=O) groups excluding carboxylic acids is 1. The average Bonchev–Trinajstić information content (AvgIpc) is 2.85. The van der Waals surface area contributed by atoms with Gasteiger partial charge in [-0.1, -0.05) is 0 Å². The van der Waals surface area contributed by atoms with Gasteiger partial charge in [0.2, 0.25) is 0 Å². The number of hydrogen-bond acceptors (Lipinski definition) is 4. The molecule has 0 aliphatic carbocycles. The highest BCUT2D eigenvalue weighted by Gasteiger charge is 2.33. The van der Waals surface area contributed by atoms with Gasteiger partial charge < -0.3 is 15.4 Å². The fourth-order valence-electron chi connectivity index (χ4n) is 2.53. The van der Waals surface area contributed by atoms with Crippen LogP contribution in [0.2, 0.25) is 0 Å². The Hall–Kier alpha value is -2.36. The van der Waals surface area contributed by atoms with E-state index in [4.69, 9.17) is 5.73 Å². The molecule has 0 saturated carbocycles. The third-order valence-corrected chi connectivity index (χ3v) is 3.52.